The Balaban J connectivity index is 2.96. The van der Waals surface area contributed by atoms with Crippen LogP contribution in [0.4, 0.5) is 0 Å². The number of ether oxygens (including phenoxy) is 1. The number of rotatable bonds is 2. The zero-order chi connectivity index (χ0) is 10.6. The molecule has 0 spiro atoms. The molecule has 1 rings (SSSR count). The lowest BCUT2D eigenvalue weighted by Gasteiger charge is -2.13. The number of terminal acetylenes is 1. The van der Waals surface area contributed by atoms with Crippen molar-refractivity contribution in [1.29, 1.82) is 0 Å². The molecule has 0 radical (unpaired) electrons. The van der Waals surface area contributed by atoms with Crippen LogP contribution in [0.15, 0.2) is 24.3 Å². The molecule has 0 aromatic heterocycles. The summed E-state index contributed by atoms with van der Waals surface area (Å²) in [4.78, 5) is 10.8. The molecule has 0 saturated carbocycles. The predicted molar refractivity (Wildman–Crippen MR) is 54.5 cm³/mol. The third-order valence-corrected chi connectivity index (χ3v) is 1.91. The van der Waals surface area contributed by atoms with Crippen molar-refractivity contribution in [2.45, 2.75) is 20.0 Å². The Hall–Kier alpha value is -1.75. The van der Waals surface area contributed by atoms with Gasteiger partial charge in [-0.25, -0.2) is 0 Å². The summed E-state index contributed by atoms with van der Waals surface area (Å²) in [5.41, 5.74) is 1.89. The largest absolute Gasteiger partial charge is 0.444 e. The van der Waals surface area contributed by atoms with Gasteiger partial charge in [0.25, 0.3) is 0 Å². The van der Waals surface area contributed by atoms with Crippen LogP contribution in [0, 0.1) is 19.3 Å². The summed E-state index contributed by atoms with van der Waals surface area (Å²) in [7, 11) is 0. The molecule has 0 N–H and O–H groups in total. The van der Waals surface area contributed by atoms with Gasteiger partial charge in [-0.15, -0.1) is 6.42 Å². The molecule has 1 aromatic rings. The highest BCUT2D eigenvalue weighted by Gasteiger charge is 2.12. The lowest BCUT2D eigenvalue weighted by molar-refractivity contribution is -0.144. The van der Waals surface area contributed by atoms with Crippen LogP contribution in [0.25, 0.3) is 0 Å². The van der Waals surface area contributed by atoms with Crippen molar-refractivity contribution < 1.29 is 9.53 Å². The lowest BCUT2D eigenvalue weighted by atomic mass is 10.0. The zero-order valence-corrected chi connectivity index (χ0v) is 8.28. The fourth-order valence-electron chi connectivity index (χ4n) is 1.23. The topological polar surface area (TPSA) is 26.3 Å². The predicted octanol–water partition coefficient (Wildman–Crippen LogP) is 2.23. The fraction of sp³-hybridized carbons (Fsp3) is 0.250. The number of aryl methyl sites for hydroxylation is 1. The molecule has 2 heteroatoms. The minimum Gasteiger partial charge on any atom is -0.444 e. The van der Waals surface area contributed by atoms with E-state index in [1.165, 1.54) is 6.92 Å². The quantitative estimate of drug-likeness (QED) is 0.525. The average Bonchev–Trinajstić information content (AvgIpc) is 2.15. The number of carbonyl (C=O) groups excluding carboxylic acids is 1. The van der Waals surface area contributed by atoms with E-state index in [1.807, 2.05) is 31.2 Å². The van der Waals surface area contributed by atoms with Crippen LogP contribution in [0.3, 0.4) is 0 Å². The van der Waals surface area contributed by atoms with Crippen molar-refractivity contribution in [3.8, 4) is 12.3 Å². The van der Waals surface area contributed by atoms with Gasteiger partial charge in [0.2, 0.25) is 0 Å². The number of carbonyl (C=O) groups is 1. The second-order valence-electron chi connectivity index (χ2n) is 3.01. The van der Waals surface area contributed by atoms with Crippen LogP contribution in [0.1, 0.15) is 24.2 Å². The highest BCUT2D eigenvalue weighted by atomic mass is 16.5. The van der Waals surface area contributed by atoms with E-state index in [4.69, 9.17) is 11.2 Å². The van der Waals surface area contributed by atoms with Crippen LogP contribution >= 0.6 is 0 Å². The summed E-state index contributed by atoms with van der Waals surface area (Å²) in [6.45, 7) is 3.28. The van der Waals surface area contributed by atoms with Crippen LogP contribution < -0.4 is 0 Å². The minimum atomic E-state index is -0.575. The zero-order valence-electron chi connectivity index (χ0n) is 8.28. The second-order valence-corrected chi connectivity index (χ2v) is 3.01. The van der Waals surface area contributed by atoms with Gasteiger partial charge in [-0.2, -0.15) is 0 Å². The normalized spacial score (nSPS) is 11.5. The summed E-state index contributed by atoms with van der Waals surface area (Å²) in [5.74, 6) is 2.08. The first kappa shape index (κ1) is 10.3. The standard InChI is InChI=1S/C12H12O2/c1-4-12(14-10(3)13)11-8-6-5-7-9(11)2/h1,5-8,12H,2-3H3. The van der Waals surface area contributed by atoms with Gasteiger partial charge in [0.1, 0.15) is 0 Å². The monoisotopic (exact) mass is 188 g/mol. The molecule has 0 aliphatic carbocycles. The number of hydrogen-bond acceptors (Lipinski definition) is 2. The van der Waals surface area contributed by atoms with Gasteiger partial charge in [-0.3, -0.25) is 4.79 Å². The maximum atomic E-state index is 10.8. The van der Waals surface area contributed by atoms with Gasteiger partial charge in [0, 0.05) is 12.5 Å². The molecule has 0 amide bonds. The minimum absolute atomic E-state index is 0.365. The maximum Gasteiger partial charge on any atom is 0.304 e. The van der Waals surface area contributed by atoms with Crippen LogP contribution in [0.5, 0.6) is 0 Å². The molecule has 1 aromatic carbocycles. The van der Waals surface area contributed by atoms with Crippen molar-refractivity contribution in [3.05, 3.63) is 35.4 Å². The first-order valence-electron chi connectivity index (χ1n) is 4.34. The Bertz CT molecular complexity index is 374. The highest BCUT2D eigenvalue weighted by Crippen LogP contribution is 2.20. The van der Waals surface area contributed by atoms with E-state index in [2.05, 4.69) is 5.92 Å². The smallest absolute Gasteiger partial charge is 0.304 e. The van der Waals surface area contributed by atoms with Gasteiger partial charge in [-0.05, 0) is 12.5 Å². The summed E-state index contributed by atoms with van der Waals surface area (Å²) < 4.78 is 4.99. The Morgan fingerprint density at radius 2 is 2.14 bits per heavy atom. The Morgan fingerprint density at radius 3 is 2.64 bits per heavy atom. The van der Waals surface area contributed by atoms with E-state index in [0.717, 1.165) is 11.1 Å². The Labute approximate surface area is 83.9 Å². The first-order valence-corrected chi connectivity index (χ1v) is 4.34. The summed E-state index contributed by atoms with van der Waals surface area (Å²) in [5, 5.41) is 0. The van der Waals surface area contributed by atoms with Gasteiger partial charge in [-0.1, -0.05) is 30.2 Å². The molecule has 1 unspecified atom stereocenters. The van der Waals surface area contributed by atoms with Gasteiger partial charge >= 0.3 is 5.97 Å². The van der Waals surface area contributed by atoms with Crippen molar-refractivity contribution in [2.24, 2.45) is 0 Å². The summed E-state index contributed by atoms with van der Waals surface area (Å²) >= 11 is 0. The summed E-state index contributed by atoms with van der Waals surface area (Å²) in [6, 6.07) is 7.59. The second kappa shape index (κ2) is 4.48. The number of hydrogen-bond donors (Lipinski definition) is 0. The molecule has 1 atom stereocenters. The molecule has 0 saturated heterocycles. The van der Waals surface area contributed by atoms with E-state index in [0.29, 0.717) is 0 Å². The Kier molecular flexibility index (Phi) is 3.30. The number of esters is 1. The molecule has 0 aliphatic heterocycles. The molecule has 72 valence electrons. The first-order chi connectivity index (χ1) is 6.65. The molecule has 0 heterocycles. The molecule has 14 heavy (non-hydrogen) atoms. The third kappa shape index (κ3) is 2.37. The fourth-order valence-corrected chi connectivity index (χ4v) is 1.23. The van der Waals surface area contributed by atoms with Crippen LogP contribution in [-0.4, -0.2) is 5.97 Å². The molecule has 0 aliphatic rings. The van der Waals surface area contributed by atoms with E-state index in [-0.39, 0.29) is 5.97 Å². The maximum absolute atomic E-state index is 10.8. The highest BCUT2D eigenvalue weighted by molar-refractivity contribution is 5.66. The van der Waals surface area contributed by atoms with Crippen molar-refractivity contribution >= 4 is 5.97 Å². The average molecular weight is 188 g/mol. The molecule has 2 nitrogen and oxygen atoms in total. The van der Waals surface area contributed by atoms with E-state index >= 15 is 0 Å². The van der Waals surface area contributed by atoms with Crippen LogP contribution in [0.2, 0.25) is 0 Å². The molecular formula is C12H12O2. The third-order valence-electron chi connectivity index (χ3n) is 1.91. The lowest BCUT2D eigenvalue weighted by Crippen LogP contribution is -2.07. The van der Waals surface area contributed by atoms with Crippen molar-refractivity contribution in [1.82, 2.24) is 0 Å². The Morgan fingerprint density at radius 1 is 1.50 bits per heavy atom. The van der Waals surface area contributed by atoms with Gasteiger partial charge in [0.05, 0.1) is 0 Å². The van der Waals surface area contributed by atoms with E-state index < -0.39 is 6.10 Å². The van der Waals surface area contributed by atoms with Gasteiger partial charge in [0.15, 0.2) is 6.10 Å². The van der Waals surface area contributed by atoms with Crippen LogP contribution in [-0.2, 0) is 9.53 Å². The molecule has 0 bridgehead atoms. The SMILES string of the molecule is C#CC(OC(C)=O)c1ccccc1C. The van der Waals surface area contributed by atoms with E-state index in [1.54, 1.807) is 0 Å². The van der Waals surface area contributed by atoms with E-state index in [9.17, 15) is 4.79 Å². The van der Waals surface area contributed by atoms with Crippen molar-refractivity contribution in [2.75, 3.05) is 0 Å². The molecule has 0 fully saturated rings. The number of benzene rings is 1. The summed E-state index contributed by atoms with van der Waals surface area (Å²) in [6.07, 6.45) is 4.72. The van der Waals surface area contributed by atoms with Gasteiger partial charge < -0.3 is 4.74 Å². The van der Waals surface area contributed by atoms with Crippen molar-refractivity contribution in [3.63, 3.8) is 0 Å². The molecular weight excluding hydrogens is 176 g/mol.